The summed E-state index contributed by atoms with van der Waals surface area (Å²) in [6.07, 6.45) is 6.79. The molecule has 4 aliphatic carbocycles. The largest absolute Gasteiger partial charge is 0.481 e. The number of aliphatic carboxylic acids is 1. The van der Waals surface area contributed by atoms with Gasteiger partial charge in [-0.1, -0.05) is 0 Å². The average Bonchev–Trinajstić information content (AvgIpc) is 2.35. The fraction of sp³-hybridized carbons (Fsp3) is 0.867. The molecule has 112 valence electrons. The first-order valence-electron chi connectivity index (χ1n) is 7.80. The van der Waals surface area contributed by atoms with Gasteiger partial charge in [-0.25, -0.2) is 0 Å². The summed E-state index contributed by atoms with van der Waals surface area (Å²) in [7, 11) is 0. The smallest absolute Gasteiger partial charge is 0.303 e. The number of carbonyl (C=O) groups is 2. The second-order valence-corrected chi connectivity index (χ2v) is 7.01. The molecule has 4 fully saturated rings. The van der Waals surface area contributed by atoms with Gasteiger partial charge in [0.25, 0.3) is 0 Å². The molecule has 1 atom stereocenters. The zero-order valence-corrected chi connectivity index (χ0v) is 11.8. The molecule has 1 amide bonds. The highest BCUT2D eigenvalue weighted by molar-refractivity contribution is 5.80. The number of nitrogens with one attached hydrogen (secondary N) is 1. The van der Waals surface area contributed by atoms with E-state index in [-0.39, 0.29) is 6.42 Å². The summed E-state index contributed by atoms with van der Waals surface area (Å²) in [5.41, 5.74) is 5.43. The van der Waals surface area contributed by atoms with Crippen LogP contribution in [-0.4, -0.2) is 29.1 Å². The fourth-order valence-corrected chi connectivity index (χ4v) is 5.01. The monoisotopic (exact) mass is 280 g/mol. The number of carboxylic acid groups (broad SMARTS) is 1. The predicted molar refractivity (Wildman–Crippen MR) is 73.8 cm³/mol. The van der Waals surface area contributed by atoms with Crippen molar-refractivity contribution < 1.29 is 14.7 Å². The second-order valence-electron chi connectivity index (χ2n) is 7.01. The van der Waals surface area contributed by atoms with Crippen molar-refractivity contribution in [2.24, 2.45) is 29.4 Å². The van der Waals surface area contributed by atoms with Gasteiger partial charge in [0.1, 0.15) is 0 Å². The van der Waals surface area contributed by atoms with Gasteiger partial charge < -0.3 is 16.2 Å². The molecule has 0 heterocycles. The van der Waals surface area contributed by atoms with Crippen LogP contribution in [0.2, 0.25) is 0 Å². The van der Waals surface area contributed by atoms with Crippen molar-refractivity contribution in [3.63, 3.8) is 0 Å². The van der Waals surface area contributed by atoms with Crippen LogP contribution in [0.3, 0.4) is 0 Å². The van der Waals surface area contributed by atoms with Gasteiger partial charge in [-0.2, -0.15) is 0 Å². The number of hydrogen-bond donors (Lipinski definition) is 3. The minimum Gasteiger partial charge on any atom is -0.481 e. The molecule has 4 bridgehead atoms. The summed E-state index contributed by atoms with van der Waals surface area (Å²) in [5, 5.41) is 12.2. The van der Waals surface area contributed by atoms with E-state index in [0.717, 1.165) is 11.8 Å². The summed E-state index contributed by atoms with van der Waals surface area (Å²) in [4.78, 5) is 22.2. The summed E-state index contributed by atoms with van der Waals surface area (Å²) in [6, 6.07) is -0.122. The molecule has 5 heteroatoms. The number of carbonyl (C=O) groups excluding carboxylic acids is 1. The number of nitrogens with two attached hydrogens (primary N) is 1. The third kappa shape index (κ3) is 2.68. The molecule has 4 N–H and O–H groups in total. The van der Waals surface area contributed by atoms with Gasteiger partial charge in [0.15, 0.2) is 0 Å². The Morgan fingerprint density at radius 2 is 1.65 bits per heavy atom. The molecule has 5 nitrogen and oxygen atoms in total. The van der Waals surface area contributed by atoms with Crippen molar-refractivity contribution in [2.45, 2.75) is 57.0 Å². The summed E-state index contributed by atoms with van der Waals surface area (Å²) < 4.78 is 0. The average molecular weight is 280 g/mol. The topological polar surface area (TPSA) is 92.4 Å². The van der Waals surface area contributed by atoms with Crippen molar-refractivity contribution in [1.29, 1.82) is 0 Å². The lowest BCUT2D eigenvalue weighted by atomic mass is 9.54. The van der Waals surface area contributed by atoms with E-state index in [0.29, 0.717) is 24.3 Å². The van der Waals surface area contributed by atoms with Crippen molar-refractivity contribution in [3.8, 4) is 0 Å². The van der Waals surface area contributed by atoms with E-state index >= 15 is 0 Å². The lowest BCUT2D eigenvalue weighted by Gasteiger charge is -2.55. The minimum absolute atomic E-state index is 0.00604. The maximum atomic E-state index is 11.5. The summed E-state index contributed by atoms with van der Waals surface area (Å²) in [5.74, 6) is 1.82. The van der Waals surface area contributed by atoms with Crippen LogP contribution in [-0.2, 0) is 9.59 Å². The number of primary amides is 1. The first kappa shape index (κ1) is 13.9. The highest BCUT2D eigenvalue weighted by Gasteiger charge is 2.48. The first-order valence-corrected chi connectivity index (χ1v) is 7.80. The molecule has 4 aliphatic rings. The summed E-state index contributed by atoms with van der Waals surface area (Å²) >= 11 is 0. The number of rotatable bonds is 6. The Kier molecular flexibility index (Phi) is 3.71. The molecular weight excluding hydrogens is 256 g/mol. The van der Waals surface area contributed by atoms with Crippen molar-refractivity contribution >= 4 is 11.9 Å². The van der Waals surface area contributed by atoms with Gasteiger partial charge >= 0.3 is 5.97 Å². The van der Waals surface area contributed by atoms with Crippen molar-refractivity contribution in [1.82, 2.24) is 5.32 Å². The molecule has 4 rings (SSSR count). The maximum absolute atomic E-state index is 11.5. The minimum atomic E-state index is -0.872. The third-order valence-electron chi connectivity index (χ3n) is 5.61. The van der Waals surface area contributed by atoms with Crippen LogP contribution in [0.25, 0.3) is 0 Å². The Morgan fingerprint density at radius 3 is 2.10 bits per heavy atom. The van der Waals surface area contributed by atoms with Gasteiger partial charge in [0.2, 0.25) is 5.91 Å². The Bertz CT molecular complexity index is 382. The molecular formula is C15H24N2O3. The Hall–Kier alpha value is -1.10. The van der Waals surface area contributed by atoms with E-state index in [1.165, 1.54) is 32.1 Å². The molecule has 4 saturated carbocycles. The van der Waals surface area contributed by atoms with Crippen LogP contribution in [0, 0.1) is 23.7 Å². The van der Waals surface area contributed by atoms with Crippen molar-refractivity contribution in [3.05, 3.63) is 0 Å². The highest BCUT2D eigenvalue weighted by Crippen LogP contribution is 2.53. The SMILES string of the molecule is NC(=O)[C@H](CCC(=O)O)NC1C2CC3CC(C2)CC1C3. The van der Waals surface area contributed by atoms with Gasteiger partial charge in [0.05, 0.1) is 6.04 Å². The zero-order chi connectivity index (χ0) is 14.3. The molecule has 20 heavy (non-hydrogen) atoms. The van der Waals surface area contributed by atoms with E-state index in [1.54, 1.807) is 0 Å². The van der Waals surface area contributed by atoms with Crippen molar-refractivity contribution in [2.75, 3.05) is 0 Å². The molecule has 0 radical (unpaired) electrons. The van der Waals surface area contributed by atoms with Gasteiger partial charge in [-0.15, -0.1) is 0 Å². The van der Waals surface area contributed by atoms with Crippen LogP contribution in [0.1, 0.15) is 44.9 Å². The number of hydrogen-bond acceptors (Lipinski definition) is 3. The Morgan fingerprint density at radius 1 is 1.10 bits per heavy atom. The van der Waals surface area contributed by atoms with Gasteiger partial charge in [-0.3, -0.25) is 9.59 Å². The number of carboxylic acids is 1. The Balaban J connectivity index is 1.63. The van der Waals surface area contributed by atoms with Gasteiger partial charge in [-0.05, 0) is 62.2 Å². The molecule has 0 aliphatic heterocycles. The predicted octanol–water partition coefficient (Wildman–Crippen LogP) is 1.12. The molecule has 0 aromatic rings. The maximum Gasteiger partial charge on any atom is 0.303 e. The lowest BCUT2D eigenvalue weighted by molar-refractivity contribution is -0.137. The molecule has 0 saturated heterocycles. The highest BCUT2D eigenvalue weighted by atomic mass is 16.4. The molecule has 0 spiro atoms. The molecule has 0 unspecified atom stereocenters. The van der Waals surface area contributed by atoms with Crippen LogP contribution < -0.4 is 11.1 Å². The second kappa shape index (κ2) is 5.35. The standard InChI is InChI=1S/C15H24N2O3/c16-15(20)12(1-2-13(18)19)17-14-10-4-8-3-9(6-10)7-11(14)5-8/h8-12,14,17H,1-7H2,(H2,16,20)(H,18,19)/t8?,9?,10?,11?,12-,14?/m0/s1. The lowest BCUT2D eigenvalue weighted by Crippen LogP contribution is -2.58. The summed E-state index contributed by atoms with van der Waals surface area (Å²) in [6.45, 7) is 0. The zero-order valence-electron chi connectivity index (χ0n) is 11.8. The fourth-order valence-electron chi connectivity index (χ4n) is 5.01. The van der Waals surface area contributed by atoms with Gasteiger partial charge in [0, 0.05) is 12.5 Å². The van der Waals surface area contributed by atoms with E-state index in [2.05, 4.69) is 5.32 Å². The van der Waals surface area contributed by atoms with E-state index in [4.69, 9.17) is 10.8 Å². The normalized spacial score (nSPS) is 39.7. The molecule has 0 aromatic carbocycles. The quantitative estimate of drug-likeness (QED) is 0.680. The van der Waals surface area contributed by atoms with Crippen LogP contribution in [0.15, 0.2) is 0 Å². The molecule has 0 aromatic heterocycles. The van der Waals surface area contributed by atoms with E-state index in [9.17, 15) is 9.59 Å². The van der Waals surface area contributed by atoms with E-state index in [1.807, 2.05) is 0 Å². The van der Waals surface area contributed by atoms with E-state index < -0.39 is 17.9 Å². The van der Waals surface area contributed by atoms with Crippen LogP contribution in [0.4, 0.5) is 0 Å². The van der Waals surface area contributed by atoms with Crippen LogP contribution in [0.5, 0.6) is 0 Å². The Labute approximate surface area is 119 Å². The first-order chi connectivity index (χ1) is 9.52. The number of amides is 1. The third-order valence-corrected chi connectivity index (χ3v) is 5.61. The van der Waals surface area contributed by atoms with Crippen LogP contribution >= 0.6 is 0 Å².